The summed E-state index contributed by atoms with van der Waals surface area (Å²) in [6.45, 7) is 12.8. The Bertz CT molecular complexity index is 143. The van der Waals surface area contributed by atoms with Crippen LogP contribution < -0.4 is 0 Å². The van der Waals surface area contributed by atoms with Crippen molar-refractivity contribution in [1.82, 2.24) is 0 Å². The van der Waals surface area contributed by atoms with E-state index >= 15 is 0 Å². The third-order valence-electron chi connectivity index (χ3n) is 1.44. The van der Waals surface area contributed by atoms with Gasteiger partial charge in [0.1, 0.15) is 0 Å². The number of allylic oxidation sites excluding steroid dienone is 2. The van der Waals surface area contributed by atoms with Crippen molar-refractivity contribution in [3.05, 3.63) is 11.8 Å². The zero-order valence-electron chi connectivity index (χ0n) is 9.22. The van der Waals surface area contributed by atoms with E-state index in [0.29, 0.717) is 11.8 Å². The molecule has 0 aromatic carbocycles. The molecule has 1 nitrogen and oxygen atoms in total. The minimum absolute atomic E-state index is 0.289. The van der Waals surface area contributed by atoms with Crippen LogP contribution in [0.15, 0.2) is 11.8 Å². The van der Waals surface area contributed by atoms with Gasteiger partial charge in [-0.1, -0.05) is 27.7 Å². The number of rotatable bonds is 4. The van der Waals surface area contributed by atoms with Gasteiger partial charge in [-0.3, -0.25) is 0 Å². The smallest absolute Gasteiger partial charge is 0.0951 e. The normalized spacial score (nSPS) is 13.2. The number of ether oxygens (including phenoxy) is 1. The summed E-state index contributed by atoms with van der Waals surface area (Å²) >= 11 is 0. The topological polar surface area (TPSA) is 9.23 Å². The van der Waals surface area contributed by atoms with Gasteiger partial charge in [-0.2, -0.15) is 0 Å². The van der Waals surface area contributed by atoms with Crippen LogP contribution in [0.1, 0.15) is 41.5 Å². The highest BCUT2D eigenvalue weighted by Gasteiger charge is 2.06. The predicted octanol–water partition coefficient (Wildman–Crippen LogP) is 3.61. The van der Waals surface area contributed by atoms with Crippen LogP contribution in [0.2, 0.25) is 0 Å². The van der Waals surface area contributed by atoms with Crippen molar-refractivity contribution in [2.45, 2.75) is 47.6 Å². The summed E-state index contributed by atoms with van der Waals surface area (Å²) in [6.07, 6.45) is 2.49. The molecule has 0 amide bonds. The molecule has 0 aromatic heterocycles. The maximum absolute atomic E-state index is 5.68. The SMILES string of the molecule is CC(C)/C=C(\OC(C)C)C(C)C. The maximum Gasteiger partial charge on any atom is 0.0951 e. The Hall–Kier alpha value is -0.460. The molecule has 0 radical (unpaired) electrons. The Morgan fingerprint density at radius 3 is 1.75 bits per heavy atom. The average molecular weight is 170 g/mol. The summed E-state index contributed by atoms with van der Waals surface area (Å²) in [7, 11) is 0. The molecule has 0 heterocycles. The van der Waals surface area contributed by atoms with Gasteiger partial charge in [-0.25, -0.2) is 0 Å². The maximum atomic E-state index is 5.68. The van der Waals surface area contributed by atoms with Gasteiger partial charge in [0.15, 0.2) is 0 Å². The molecule has 12 heavy (non-hydrogen) atoms. The summed E-state index contributed by atoms with van der Waals surface area (Å²) in [5, 5.41) is 0. The zero-order chi connectivity index (χ0) is 9.72. The van der Waals surface area contributed by atoms with E-state index in [0.717, 1.165) is 5.76 Å². The molecule has 0 bridgehead atoms. The molecule has 0 saturated carbocycles. The molecule has 0 atom stereocenters. The van der Waals surface area contributed by atoms with Crippen molar-refractivity contribution >= 4 is 0 Å². The second-order valence-electron chi connectivity index (χ2n) is 4.13. The monoisotopic (exact) mass is 170 g/mol. The fraction of sp³-hybridized carbons (Fsp3) is 0.818. The van der Waals surface area contributed by atoms with Gasteiger partial charge < -0.3 is 4.74 Å². The van der Waals surface area contributed by atoms with Crippen molar-refractivity contribution in [2.75, 3.05) is 0 Å². The van der Waals surface area contributed by atoms with Crippen LogP contribution in [-0.2, 0) is 4.74 Å². The van der Waals surface area contributed by atoms with Gasteiger partial charge in [0.25, 0.3) is 0 Å². The number of hydrogen-bond donors (Lipinski definition) is 0. The van der Waals surface area contributed by atoms with Crippen molar-refractivity contribution in [2.24, 2.45) is 11.8 Å². The van der Waals surface area contributed by atoms with E-state index in [1.165, 1.54) is 0 Å². The first-order valence-electron chi connectivity index (χ1n) is 4.81. The second kappa shape index (κ2) is 5.23. The summed E-state index contributed by atoms with van der Waals surface area (Å²) in [5.74, 6) is 2.19. The molecule has 0 aromatic rings. The highest BCUT2D eigenvalue weighted by Crippen LogP contribution is 2.15. The second-order valence-corrected chi connectivity index (χ2v) is 4.13. The molecule has 0 N–H and O–H groups in total. The quantitative estimate of drug-likeness (QED) is 0.586. The Labute approximate surface area is 76.8 Å². The Morgan fingerprint density at radius 1 is 1.00 bits per heavy atom. The van der Waals surface area contributed by atoms with Crippen LogP contribution in [0.25, 0.3) is 0 Å². The van der Waals surface area contributed by atoms with Gasteiger partial charge in [0, 0.05) is 5.92 Å². The third kappa shape index (κ3) is 5.22. The summed E-state index contributed by atoms with van der Waals surface area (Å²) in [6, 6.07) is 0. The van der Waals surface area contributed by atoms with Crippen LogP contribution in [0.3, 0.4) is 0 Å². The molecule has 0 aliphatic rings. The fourth-order valence-electron chi connectivity index (χ4n) is 0.969. The highest BCUT2D eigenvalue weighted by molar-refractivity contribution is 4.98. The molecular weight excluding hydrogens is 148 g/mol. The van der Waals surface area contributed by atoms with Gasteiger partial charge in [0.05, 0.1) is 11.9 Å². The Kier molecular flexibility index (Phi) is 5.03. The van der Waals surface area contributed by atoms with Crippen molar-refractivity contribution in [3.63, 3.8) is 0 Å². The van der Waals surface area contributed by atoms with E-state index in [2.05, 4.69) is 47.6 Å². The molecule has 0 unspecified atom stereocenters. The Balaban J connectivity index is 4.23. The lowest BCUT2D eigenvalue weighted by Crippen LogP contribution is -2.08. The van der Waals surface area contributed by atoms with Gasteiger partial charge in [-0.15, -0.1) is 0 Å². The van der Waals surface area contributed by atoms with E-state index < -0.39 is 0 Å². The predicted molar refractivity (Wildman–Crippen MR) is 54.0 cm³/mol. The molecule has 0 fully saturated rings. The first-order chi connectivity index (χ1) is 5.43. The van der Waals surface area contributed by atoms with Gasteiger partial charge >= 0.3 is 0 Å². The van der Waals surface area contributed by atoms with E-state index in [1.807, 2.05) is 0 Å². The molecule has 0 aliphatic heterocycles. The number of hydrogen-bond acceptors (Lipinski definition) is 1. The minimum Gasteiger partial charge on any atom is -0.495 e. The van der Waals surface area contributed by atoms with E-state index in [1.54, 1.807) is 0 Å². The lowest BCUT2D eigenvalue weighted by Gasteiger charge is -2.17. The summed E-state index contributed by atoms with van der Waals surface area (Å²) in [5.41, 5.74) is 0. The molecule has 0 rings (SSSR count). The van der Waals surface area contributed by atoms with Crippen LogP contribution >= 0.6 is 0 Å². The fourth-order valence-corrected chi connectivity index (χ4v) is 0.969. The Morgan fingerprint density at radius 2 is 1.50 bits per heavy atom. The minimum atomic E-state index is 0.289. The lowest BCUT2D eigenvalue weighted by atomic mass is 10.1. The molecular formula is C11H22O. The lowest BCUT2D eigenvalue weighted by molar-refractivity contribution is 0.124. The van der Waals surface area contributed by atoms with E-state index in [-0.39, 0.29) is 6.10 Å². The van der Waals surface area contributed by atoms with Crippen molar-refractivity contribution in [3.8, 4) is 0 Å². The van der Waals surface area contributed by atoms with Crippen LogP contribution in [0, 0.1) is 11.8 Å². The van der Waals surface area contributed by atoms with Crippen molar-refractivity contribution < 1.29 is 4.74 Å². The summed E-state index contributed by atoms with van der Waals surface area (Å²) in [4.78, 5) is 0. The zero-order valence-corrected chi connectivity index (χ0v) is 9.22. The first kappa shape index (κ1) is 11.5. The largest absolute Gasteiger partial charge is 0.495 e. The average Bonchev–Trinajstić information content (AvgIpc) is 1.83. The van der Waals surface area contributed by atoms with E-state index in [4.69, 9.17) is 4.74 Å². The van der Waals surface area contributed by atoms with Crippen molar-refractivity contribution in [1.29, 1.82) is 0 Å². The molecule has 1 heteroatoms. The van der Waals surface area contributed by atoms with Gasteiger partial charge in [-0.05, 0) is 25.8 Å². The van der Waals surface area contributed by atoms with Crippen LogP contribution in [0.4, 0.5) is 0 Å². The molecule has 72 valence electrons. The molecule has 0 saturated heterocycles. The first-order valence-corrected chi connectivity index (χ1v) is 4.81. The summed E-state index contributed by atoms with van der Waals surface area (Å²) < 4.78 is 5.68. The standard InChI is InChI=1S/C11H22O/c1-8(2)7-11(9(3)4)12-10(5)6/h7-10H,1-6H3/b11-7-. The van der Waals surface area contributed by atoms with E-state index in [9.17, 15) is 0 Å². The molecule has 0 spiro atoms. The molecule has 0 aliphatic carbocycles. The van der Waals surface area contributed by atoms with Crippen LogP contribution in [-0.4, -0.2) is 6.10 Å². The highest BCUT2D eigenvalue weighted by atomic mass is 16.5. The third-order valence-corrected chi connectivity index (χ3v) is 1.44. The van der Waals surface area contributed by atoms with Gasteiger partial charge in [0.2, 0.25) is 0 Å². The van der Waals surface area contributed by atoms with Crippen LogP contribution in [0.5, 0.6) is 0 Å².